The van der Waals surface area contributed by atoms with Crippen molar-refractivity contribution in [1.29, 1.82) is 5.26 Å². The number of para-hydroxylation sites is 1. The highest BCUT2D eigenvalue weighted by molar-refractivity contribution is 6.09. The van der Waals surface area contributed by atoms with E-state index in [1.165, 1.54) is 30.0 Å². The summed E-state index contributed by atoms with van der Waals surface area (Å²) in [5.41, 5.74) is 1.61. The van der Waals surface area contributed by atoms with Crippen LogP contribution in [0.25, 0.3) is 11.8 Å². The molecule has 31 heavy (non-hydrogen) atoms. The maximum absolute atomic E-state index is 12.9. The molecule has 3 aromatic rings. The second kappa shape index (κ2) is 8.97. The number of anilines is 1. The number of benzene rings is 2. The minimum atomic E-state index is -0.703. The van der Waals surface area contributed by atoms with Crippen molar-refractivity contribution >= 4 is 23.6 Å². The summed E-state index contributed by atoms with van der Waals surface area (Å²) in [5, 5.41) is 12.0. The zero-order valence-corrected chi connectivity index (χ0v) is 17.2. The summed E-state index contributed by atoms with van der Waals surface area (Å²) in [5.74, 6) is -1.19. The Hall–Kier alpha value is -4.38. The first-order chi connectivity index (χ1) is 14.9. The van der Waals surface area contributed by atoms with Crippen LogP contribution in [0.5, 0.6) is 0 Å². The van der Waals surface area contributed by atoms with Crippen LogP contribution < -0.4 is 10.9 Å². The zero-order chi connectivity index (χ0) is 22.5. The van der Waals surface area contributed by atoms with E-state index in [1.807, 2.05) is 24.3 Å². The fourth-order valence-corrected chi connectivity index (χ4v) is 3.04. The van der Waals surface area contributed by atoms with Gasteiger partial charge in [0.15, 0.2) is 0 Å². The highest BCUT2D eigenvalue weighted by Gasteiger charge is 2.20. The van der Waals surface area contributed by atoms with E-state index in [0.717, 1.165) is 0 Å². The van der Waals surface area contributed by atoms with Crippen LogP contribution in [-0.2, 0) is 16.6 Å². The van der Waals surface area contributed by atoms with Crippen molar-refractivity contribution in [1.82, 2.24) is 9.36 Å². The van der Waals surface area contributed by atoms with E-state index in [4.69, 9.17) is 0 Å². The summed E-state index contributed by atoms with van der Waals surface area (Å²) in [6, 6.07) is 17.1. The first kappa shape index (κ1) is 21.3. The molecule has 0 atom stereocenters. The molecule has 1 aromatic heterocycles. The maximum atomic E-state index is 12.9. The van der Waals surface area contributed by atoms with Crippen LogP contribution in [0.15, 0.2) is 65.0 Å². The Morgan fingerprint density at radius 3 is 2.32 bits per heavy atom. The number of carbonyl (C=O) groups is 2. The monoisotopic (exact) mass is 416 g/mol. The van der Waals surface area contributed by atoms with E-state index in [9.17, 15) is 19.6 Å². The molecule has 8 heteroatoms. The van der Waals surface area contributed by atoms with Crippen molar-refractivity contribution in [3.05, 3.63) is 87.3 Å². The number of esters is 1. The van der Waals surface area contributed by atoms with Gasteiger partial charge in [-0.05, 0) is 42.8 Å². The van der Waals surface area contributed by atoms with Crippen LogP contribution in [0, 0.1) is 18.3 Å². The standard InChI is InChI=1S/C23H20N4O4/c1-15-20(22(29)27(26(15)2)19-7-5-4-6-8-19)25-21(28)18(14-24)13-16-9-11-17(12-10-16)23(30)31-3/h4-13H,1-3H3,(H,25,28)/b18-13+. The Kier molecular flexibility index (Phi) is 6.17. The molecule has 2 aromatic carbocycles. The molecule has 0 saturated heterocycles. The van der Waals surface area contributed by atoms with Crippen molar-refractivity contribution in [3.8, 4) is 11.8 Å². The first-order valence-electron chi connectivity index (χ1n) is 9.33. The molecule has 156 valence electrons. The van der Waals surface area contributed by atoms with Gasteiger partial charge in [0.25, 0.3) is 11.5 Å². The molecular formula is C23H20N4O4. The van der Waals surface area contributed by atoms with Gasteiger partial charge in [0.2, 0.25) is 0 Å². The van der Waals surface area contributed by atoms with Gasteiger partial charge in [-0.1, -0.05) is 30.3 Å². The van der Waals surface area contributed by atoms with Crippen LogP contribution in [0.2, 0.25) is 0 Å². The SMILES string of the molecule is COC(=O)c1ccc(/C=C(\C#N)C(=O)Nc2c(C)n(C)n(-c3ccccc3)c2=O)cc1. The Morgan fingerprint density at radius 2 is 1.74 bits per heavy atom. The van der Waals surface area contributed by atoms with E-state index < -0.39 is 17.4 Å². The molecule has 3 rings (SSSR count). The molecule has 0 unspecified atom stereocenters. The van der Waals surface area contributed by atoms with Crippen LogP contribution in [-0.4, -0.2) is 28.3 Å². The molecule has 1 amide bonds. The first-order valence-corrected chi connectivity index (χ1v) is 9.33. The number of methoxy groups -OCH3 is 1. The number of nitriles is 1. The predicted molar refractivity (Wildman–Crippen MR) is 116 cm³/mol. The molecule has 0 aliphatic carbocycles. The molecule has 0 bridgehead atoms. The second-order valence-corrected chi connectivity index (χ2v) is 6.67. The predicted octanol–water partition coefficient (Wildman–Crippen LogP) is 2.82. The number of aromatic nitrogens is 2. The van der Waals surface area contributed by atoms with Gasteiger partial charge >= 0.3 is 5.97 Å². The lowest BCUT2D eigenvalue weighted by Crippen LogP contribution is -2.23. The van der Waals surface area contributed by atoms with Crippen molar-refractivity contribution in [2.45, 2.75) is 6.92 Å². The summed E-state index contributed by atoms with van der Waals surface area (Å²) in [4.78, 5) is 37.1. The summed E-state index contributed by atoms with van der Waals surface area (Å²) in [6.07, 6.45) is 1.38. The minimum Gasteiger partial charge on any atom is -0.465 e. The van der Waals surface area contributed by atoms with Crippen LogP contribution in [0.1, 0.15) is 21.6 Å². The van der Waals surface area contributed by atoms with Gasteiger partial charge in [-0.25, -0.2) is 9.48 Å². The molecule has 0 fully saturated rings. The number of ether oxygens (including phenoxy) is 1. The van der Waals surface area contributed by atoms with E-state index in [1.54, 1.807) is 42.9 Å². The van der Waals surface area contributed by atoms with Gasteiger partial charge in [-0.3, -0.25) is 14.3 Å². The maximum Gasteiger partial charge on any atom is 0.337 e. The van der Waals surface area contributed by atoms with Gasteiger partial charge in [-0.15, -0.1) is 0 Å². The number of rotatable bonds is 5. The number of hydrogen-bond donors (Lipinski definition) is 1. The summed E-state index contributed by atoms with van der Waals surface area (Å²) in [7, 11) is 2.99. The topological polar surface area (TPSA) is 106 Å². The van der Waals surface area contributed by atoms with Crippen LogP contribution >= 0.6 is 0 Å². The van der Waals surface area contributed by atoms with Crippen LogP contribution in [0.4, 0.5) is 5.69 Å². The molecule has 1 heterocycles. The third-order valence-corrected chi connectivity index (χ3v) is 4.80. The quantitative estimate of drug-likeness (QED) is 0.391. The largest absolute Gasteiger partial charge is 0.465 e. The van der Waals surface area contributed by atoms with E-state index in [-0.39, 0.29) is 11.3 Å². The van der Waals surface area contributed by atoms with E-state index >= 15 is 0 Å². The minimum absolute atomic E-state index is 0.0959. The molecule has 0 spiro atoms. The highest BCUT2D eigenvalue weighted by atomic mass is 16.5. The van der Waals surface area contributed by atoms with Crippen molar-refractivity contribution in [2.24, 2.45) is 7.05 Å². The molecule has 0 aliphatic heterocycles. The third kappa shape index (κ3) is 4.31. The Morgan fingerprint density at radius 1 is 1.10 bits per heavy atom. The molecule has 0 aliphatic rings. The lowest BCUT2D eigenvalue weighted by Gasteiger charge is -2.07. The lowest BCUT2D eigenvalue weighted by molar-refractivity contribution is -0.112. The lowest BCUT2D eigenvalue weighted by atomic mass is 10.1. The van der Waals surface area contributed by atoms with Gasteiger partial charge in [-0.2, -0.15) is 5.26 Å². The smallest absolute Gasteiger partial charge is 0.337 e. The van der Waals surface area contributed by atoms with Crippen molar-refractivity contribution < 1.29 is 14.3 Å². The zero-order valence-electron chi connectivity index (χ0n) is 17.2. The van der Waals surface area contributed by atoms with Gasteiger partial charge in [0.05, 0.1) is 24.1 Å². The van der Waals surface area contributed by atoms with E-state index in [0.29, 0.717) is 22.5 Å². The summed E-state index contributed by atoms with van der Waals surface area (Å²) < 4.78 is 7.71. The van der Waals surface area contributed by atoms with Crippen molar-refractivity contribution in [2.75, 3.05) is 12.4 Å². The fourth-order valence-electron chi connectivity index (χ4n) is 3.04. The Balaban J connectivity index is 1.90. The van der Waals surface area contributed by atoms with Gasteiger partial charge < -0.3 is 10.1 Å². The third-order valence-electron chi connectivity index (χ3n) is 4.80. The number of nitrogens with one attached hydrogen (secondary N) is 1. The van der Waals surface area contributed by atoms with Crippen LogP contribution in [0.3, 0.4) is 0 Å². The molecule has 1 N–H and O–H groups in total. The van der Waals surface area contributed by atoms with E-state index in [2.05, 4.69) is 10.1 Å². The summed E-state index contributed by atoms with van der Waals surface area (Å²) in [6.45, 7) is 1.71. The van der Waals surface area contributed by atoms with Gasteiger partial charge in [0, 0.05) is 7.05 Å². The van der Waals surface area contributed by atoms with Crippen molar-refractivity contribution in [3.63, 3.8) is 0 Å². The molecule has 0 saturated carbocycles. The summed E-state index contributed by atoms with van der Waals surface area (Å²) >= 11 is 0. The molecule has 0 radical (unpaired) electrons. The average molecular weight is 416 g/mol. The average Bonchev–Trinajstić information content (AvgIpc) is 3.00. The fraction of sp³-hybridized carbons (Fsp3) is 0.130. The highest BCUT2D eigenvalue weighted by Crippen LogP contribution is 2.16. The number of hydrogen-bond acceptors (Lipinski definition) is 5. The normalized spacial score (nSPS) is 11.0. The van der Waals surface area contributed by atoms with Gasteiger partial charge in [0.1, 0.15) is 17.3 Å². The molecular weight excluding hydrogens is 396 g/mol. The molecule has 8 nitrogen and oxygen atoms in total. The Bertz CT molecular complexity index is 1260. The number of amides is 1. The number of carbonyl (C=O) groups excluding carboxylic acids is 2. The number of nitrogens with zero attached hydrogens (tertiary/aromatic N) is 3. The second-order valence-electron chi connectivity index (χ2n) is 6.67. The Labute approximate surface area is 178 Å².